The van der Waals surface area contributed by atoms with Gasteiger partial charge in [-0.05, 0) is 53.3 Å². The van der Waals surface area contributed by atoms with Gasteiger partial charge in [-0.3, -0.25) is 4.79 Å². The number of carbonyl (C=O) groups is 1. The van der Waals surface area contributed by atoms with Gasteiger partial charge in [0.1, 0.15) is 11.5 Å². The first-order valence-electron chi connectivity index (χ1n) is 7.56. The molecule has 1 N–H and O–H groups in total. The molecule has 0 bridgehead atoms. The lowest BCUT2D eigenvalue weighted by Crippen LogP contribution is -1.99. The van der Waals surface area contributed by atoms with Crippen molar-refractivity contribution in [1.29, 1.82) is 0 Å². The average molecular weight is 351 g/mol. The molecule has 0 aliphatic rings. The monoisotopic (exact) mass is 350 g/mol. The molecule has 0 unspecified atom stereocenters. The van der Waals surface area contributed by atoms with E-state index in [0.29, 0.717) is 28.6 Å². The molecule has 122 valence electrons. The zero-order valence-electron chi connectivity index (χ0n) is 13.5. The Hall–Kier alpha value is -1.51. The van der Waals surface area contributed by atoms with Gasteiger partial charge in [0.15, 0.2) is 0 Å². The molecule has 0 spiro atoms. The van der Waals surface area contributed by atoms with Crippen molar-refractivity contribution < 1.29 is 9.90 Å². The number of phenols is 1. The van der Waals surface area contributed by atoms with Crippen molar-refractivity contribution in [2.24, 2.45) is 0 Å². The second-order valence-corrected chi connectivity index (χ2v) is 6.96. The first-order chi connectivity index (χ1) is 10.8. The van der Waals surface area contributed by atoms with E-state index in [0.717, 1.165) is 22.3 Å². The predicted octanol–water partition coefficient (Wildman–Crippen LogP) is 5.54. The summed E-state index contributed by atoms with van der Waals surface area (Å²) < 4.78 is 0. The first-order valence-corrected chi connectivity index (χ1v) is 8.31. The number of hydrogen-bond acceptors (Lipinski definition) is 2. The fourth-order valence-electron chi connectivity index (χ4n) is 2.59. The summed E-state index contributed by atoms with van der Waals surface area (Å²) in [6.07, 6.45) is 0.911. The van der Waals surface area contributed by atoms with Crippen LogP contribution in [0.25, 0.3) is 0 Å². The second-order valence-electron chi connectivity index (χ2n) is 6.14. The van der Waals surface area contributed by atoms with E-state index in [9.17, 15) is 9.90 Å². The van der Waals surface area contributed by atoms with E-state index in [1.165, 1.54) is 0 Å². The fraction of sp³-hybridized carbons (Fsp3) is 0.316. The molecule has 0 fully saturated rings. The summed E-state index contributed by atoms with van der Waals surface area (Å²) in [6, 6.07) is 9.16. The van der Waals surface area contributed by atoms with E-state index < -0.39 is 0 Å². The van der Waals surface area contributed by atoms with Crippen molar-refractivity contribution in [3.8, 4) is 5.75 Å². The lowest BCUT2D eigenvalue weighted by Gasteiger charge is -2.13. The quantitative estimate of drug-likeness (QED) is 0.767. The van der Waals surface area contributed by atoms with Crippen LogP contribution in [0.5, 0.6) is 5.75 Å². The van der Waals surface area contributed by atoms with Crippen LogP contribution in [-0.4, -0.2) is 10.9 Å². The Labute approximate surface area is 147 Å². The highest BCUT2D eigenvalue weighted by Gasteiger charge is 2.12. The number of Topliss-reactive ketones (excluding diaryl/α,β-unsaturated/α-hetero) is 1. The molecule has 0 aliphatic carbocycles. The van der Waals surface area contributed by atoms with Gasteiger partial charge in [-0.15, -0.1) is 0 Å². The van der Waals surface area contributed by atoms with Crippen molar-refractivity contribution in [2.45, 2.75) is 39.5 Å². The summed E-state index contributed by atoms with van der Waals surface area (Å²) in [5.41, 5.74) is 3.60. The van der Waals surface area contributed by atoms with Gasteiger partial charge >= 0.3 is 0 Å². The Morgan fingerprint density at radius 1 is 1.09 bits per heavy atom. The van der Waals surface area contributed by atoms with Gasteiger partial charge in [-0.2, -0.15) is 0 Å². The molecular weight excluding hydrogens is 331 g/mol. The third-order valence-corrected chi connectivity index (χ3v) is 4.42. The summed E-state index contributed by atoms with van der Waals surface area (Å²) in [5, 5.41) is 11.0. The largest absolute Gasteiger partial charge is 0.508 e. The van der Waals surface area contributed by atoms with Crippen molar-refractivity contribution in [2.75, 3.05) is 0 Å². The van der Waals surface area contributed by atoms with Crippen molar-refractivity contribution in [1.82, 2.24) is 0 Å². The topological polar surface area (TPSA) is 37.3 Å². The van der Waals surface area contributed by atoms with Gasteiger partial charge in [0.2, 0.25) is 0 Å². The number of carbonyl (C=O) groups excluding carboxylic acids is 1. The third-order valence-electron chi connectivity index (χ3n) is 3.75. The van der Waals surface area contributed by atoms with Crippen LogP contribution in [0.15, 0.2) is 30.3 Å². The van der Waals surface area contributed by atoms with Gasteiger partial charge < -0.3 is 5.11 Å². The molecule has 2 nitrogen and oxygen atoms in total. The van der Waals surface area contributed by atoms with Gasteiger partial charge in [-0.25, -0.2) is 0 Å². The summed E-state index contributed by atoms with van der Waals surface area (Å²) >= 11 is 12.7. The lowest BCUT2D eigenvalue weighted by molar-refractivity contribution is -0.116. The molecule has 0 saturated carbocycles. The second kappa shape index (κ2) is 7.37. The van der Waals surface area contributed by atoms with Crippen molar-refractivity contribution in [3.05, 3.63) is 62.6 Å². The molecule has 0 aliphatic heterocycles. The van der Waals surface area contributed by atoms with Gasteiger partial charge in [0.25, 0.3) is 0 Å². The molecule has 0 saturated heterocycles. The van der Waals surface area contributed by atoms with Gasteiger partial charge in [-0.1, -0.05) is 49.2 Å². The number of phenolic OH excluding ortho intramolecular Hbond substituents is 1. The van der Waals surface area contributed by atoms with Crippen molar-refractivity contribution >= 4 is 29.0 Å². The highest BCUT2D eigenvalue weighted by molar-refractivity contribution is 6.36. The lowest BCUT2D eigenvalue weighted by atomic mass is 9.96. The normalized spacial score (nSPS) is 11.0. The van der Waals surface area contributed by atoms with E-state index in [1.807, 2.05) is 26.0 Å². The minimum absolute atomic E-state index is 0.0741. The van der Waals surface area contributed by atoms with E-state index in [4.69, 9.17) is 23.2 Å². The standard InChI is InChI=1S/C19H20Cl2O2/c1-11(2)15-7-13(4-5-19(15)23)8-16-17(20)9-14(6-12(3)22)10-18(16)21/h4-5,7,9-11,23H,6,8H2,1-3H3. The minimum Gasteiger partial charge on any atom is -0.508 e. The number of halogens is 2. The maximum Gasteiger partial charge on any atom is 0.134 e. The zero-order chi connectivity index (χ0) is 17.1. The molecule has 2 rings (SSSR count). The van der Waals surface area contributed by atoms with Gasteiger partial charge in [0.05, 0.1) is 0 Å². The van der Waals surface area contributed by atoms with Crippen LogP contribution in [-0.2, 0) is 17.6 Å². The minimum atomic E-state index is 0.0741. The first kappa shape index (κ1) is 17.8. The highest BCUT2D eigenvalue weighted by Crippen LogP contribution is 2.32. The van der Waals surface area contributed by atoms with Crippen LogP contribution >= 0.6 is 23.2 Å². The molecule has 0 radical (unpaired) electrons. The Kier molecular flexibility index (Phi) is 5.72. The molecule has 0 amide bonds. The molecule has 4 heteroatoms. The van der Waals surface area contributed by atoms with Crippen LogP contribution in [0.4, 0.5) is 0 Å². The van der Waals surface area contributed by atoms with Crippen LogP contribution < -0.4 is 0 Å². The molecule has 0 atom stereocenters. The Morgan fingerprint density at radius 2 is 1.70 bits per heavy atom. The molecule has 23 heavy (non-hydrogen) atoms. The maximum absolute atomic E-state index is 11.2. The SMILES string of the molecule is CC(=O)Cc1cc(Cl)c(Cc2ccc(O)c(C(C)C)c2)c(Cl)c1. The molecular formula is C19H20Cl2O2. The van der Waals surface area contributed by atoms with Crippen LogP contribution in [0.1, 0.15) is 48.9 Å². The van der Waals surface area contributed by atoms with E-state index in [2.05, 4.69) is 0 Å². The fourth-order valence-corrected chi connectivity index (χ4v) is 3.26. The number of hydrogen-bond donors (Lipinski definition) is 1. The summed E-state index contributed by atoms with van der Waals surface area (Å²) in [6.45, 7) is 5.62. The van der Waals surface area contributed by atoms with E-state index in [1.54, 1.807) is 25.1 Å². The molecule has 0 aromatic heterocycles. The van der Waals surface area contributed by atoms with E-state index in [-0.39, 0.29) is 11.7 Å². The summed E-state index contributed by atoms with van der Waals surface area (Å²) in [5.74, 6) is 0.613. The number of rotatable bonds is 5. The smallest absolute Gasteiger partial charge is 0.134 e. The summed E-state index contributed by atoms with van der Waals surface area (Å²) in [4.78, 5) is 11.2. The third kappa shape index (κ3) is 4.49. The molecule has 2 aromatic rings. The van der Waals surface area contributed by atoms with Gasteiger partial charge in [0, 0.05) is 22.9 Å². The molecule has 2 aromatic carbocycles. The van der Waals surface area contributed by atoms with Crippen LogP contribution in [0, 0.1) is 0 Å². The van der Waals surface area contributed by atoms with Crippen molar-refractivity contribution in [3.63, 3.8) is 0 Å². The maximum atomic E-state index is 11.2. The molecule has 0 heterocycles. The summed E-state index contributed by atoms with van der Waals surface area (Å²) in [7, 11) is 0. The number of ketones is 1. The van der Waals surface area contributed by atoms with Crippen LogP contribution in [0.2, 0.25) is 10.0 Å². The number of benzene rings is 2. The zero-order valence-corrected chi connectivity index (χ0v) is 15.0. The predicted molar refractivity (Wildman–Crippen MR) is 95.8 cm³/mol. The number of aromatic hydroxyl groups is 1. The Bertz CT molecular complexity index is 713. The van der Waals surface area contributed by atoms with E-state index >= 15 is 0 Å². The Morgan fingerprint density at radius 3 is 2.22 bits per heavy atom. The average Bonchev–Trinajstić information content (AvgIpc) is 2.43. The van der Waals surface area contributed by atoms with Crippen LogP contribution in [0.3, 0.4) is 0 Å². The highest BCUT2D eigenvalue weighted by atomic mass is 35.5. The Balaban J connectivity index is 2.33.